The number of amides is 1. The minimum Gasteiger partial charge on any atom is -0.379 e. The standard InChI is InChI=1S/C15H28N2O2/c1-3-4-11-5-7-12(8-6-11)17-15(18)13-9-19-10-14(13)16-2/h11-14,16H,3-10H2,1-2H3,(H,17,18). The molecule has 19 heavy (non-hydrogen) atoms. The Kier molecular flexibility index (Phi) is 5.64. The van der Waals surface area contributed by atoms with Gasteiger partial charge in [0.25, 0.3) is 0 Å². The lowest BCUT2D eigenvalue weighted by molar-refractivity contribution is -0.126. The molecular weight excluding hydrogens is 240 g/mol. The molecule has 1 aliphatic carbocycles. The number of nitrogens with one attached hydrogen (secondary N) is 2. The number of rotatable bonds is 5. The molecule has 4 nitrogen and oxygen atoms in total. The largest absolute Gasteiger partial charge is 0.379 e. The summed E-state index contributed by atoms with van der Waals surface area (Å²) >= 11 is 0. The van der Waals surface area contributed by atoms with Gasteiger partial charge in [-0.1, -0.05) is 19.8 Å². The van der Waals surface area contributed by atoms with Crippen LogP contribution in [0.1, 0.15) is 45.4 Å². The highest BCUT2D eigenvalue weighted by Crippen LogP contribution is 2.28. The molecule has 0 aromatic carbocycles. The zero-order valence-corrected chi connectivity index (χ0v) is 12.3. The first-order chi connectivity index (χ1) is 9.24. The van der Waals surface area contributed by atoms with E-state index >= 15 is 0 Å². The predicted octanol–water partition coefficient (Wildman–Crippen LogP) is 1.70. The first-order valence-electron chi connectivity index (χ1n) is 7.80. The number of hydrogen-bond acceptors (Lipinski definition) is 3. The van der Waals surface area contributed by atoms with Gasteiger partial charge in [0.1, 0.15) is 0 Å². The van der Waals surface area contributed by atoms with E-state index in [0.717, 1.165) is 18.8 Å². The molecule has 110 valence electrons. The van der Waals surface area contributed by atoms with Crippen molar-refractivity contribution in [3.05, 3.63) is 0 Å². The van der Waals surface area contributed by atoms with Crippen LogP contribution in [0.15, 0.2) is 0 Å². The zero-order chi connectivity index (χ0) is 13.7. The van der Waals surface area contributed by atoms with Crippen molar-refractivity contribution in [1.29, 1.82) is 0 Å². The lowest BCUT2D eigenvalue weighted by Gasteiger charge is -2.30. The molecule has 2 unspecified atom stereocenters. The Morgan fingerprint density at radius 1 is 1.21 bits per heavy atom. The fraction of sp³-hybridized carbons (Fsp3) is 0.933. The van der Waals surface area contributed by atoms with E-state index in [1.807, 2.05) is 7.05 Å². The molecule has 1 saturated heterocycles. The van der Waals surface area contributed by atoms with Gasteiger partial charge >= 0.3 is 0 Å². The molecule has 1 amide bonds. The fourth-order valence-corrected chi connectivity index (χ4v) is 3.41. The summed E-state index contributed by atoms with van der Waals surface area (Å²) in [6.45, 7) is 3.46. The quantitative estimate of drug-likeness (QED) is 0.798. The van der Waals surface area contributed by atoms with E-state index in [2.05, 4.69) is 17.6 Å². The molecule has 4 heteroatoms. The molecular formula is C15H28N2O2. The first-order valence-corrected chi connectivity index (χ1v) is 7.80. The third kappa shape index (κ3) is 3.93. The summed E-state index contributed by atoms with van der Waals surface area (Å²) in [5.74, 6) is 1.05. The smallest absolute Gasteiger partial charge is 0.227 e. The summed E-state index contributed by atoms with van der Waals surface area (Å²) in [4.78, 5) is 12.3. The normalized spacial score (nSPS) is 35.3. The van der Waals surface area contributed by atoms with Crippen molar-refractivity contribution in [2.24, 2.45) is 11.8 Å². The number of likely N-dealkylation sites (N-methyl/N-ethyl adjacent to an activating group) is 1. The van der Waals surface area contributed by atoms with Gasteiger partial charge in [0.2, 0.25) is 5.91 Å². The van der Waals surface area contributed by atoms with Crippen molar-refractivity contribution in [2.75, 3.05) is 20.3 Å². The van der Waals surface area contributed by atoms with E-state index in [9.17, 15) is 4.79 Å². The third-order valence-corrected chi connectivity index (χ3v) is 4.68. The van der Waals surface area contributed by atoms with Crippen molar-refractivity contribution in [2.45, 2.75) is 57.5 Å². The molecule has 1 heterocycles. The topological polar surface area (TPSA) is 50.4 Å². The van der Waals surface area contributed by atoms with E-state index in [1.165, 1.54) is 25.7 Å². The van der Waals surface area contributed by atoms with E-state index in [-0.39, 0.29) is 17.9 Å². The lowest BCUT2D eigenvalue weighted by atomic mass is 9.83. The molecule has 0 bridgehead atoms. The fourth-order valence-electron chi connectivity index (χ4n) is 3.41. The molecule has 0 aromatic rings. The molecule has 0 aromatic heterocycles. The van der Waals surface area contributed by atoms with Crippen LogP contribution >= 0.6 is 0 Å². The van der Waals surface area contributed by atoms with Crippen LogP contribution in [0.5, 0.6) is 0 Å². The lowest BCUT2D eigenvalue weighted by Crippen LogP contribution is -2.46. The minimum absolute atomic E-state index is 0.0154. The van der Waals surface area contributed by atoms with Crippen LogP contribution in [0, 0.1) is 11.8 Å². The van der Waals surface area contributed by atoms with E-state index in [0.29, 0.717) is 19.3 Å². The van der Waals surface area contributed by atoms with Gasteiger partial charge in [-0.15, -0.1) is 0 Å². The maximum atomic E-state index is 12.3. The summed E-state index contributed by atoms with van der Waals surface area (Å²) in [6.07, 6.45) is 7.47. The van der Waals surface area contributed by atoms with Crippen molar-refractivity contribution in [1.82, 2.24) is 10.6 Å². The van der Waals surface area contributed by atoms with E-state index < -0.39 is 0 Å². The molecule has 1 aliphatic heterocycles. The Labute approximate surface area is 116 Å². The van der Waals surface area contributed by atoms with Gasteiger partial charge in [0.05, 0.1) is 19.1 Å². The molecule has 0 spiro atoms. The molecule has 1 saturated carbocycles. The number of carbonyl (C=O) groups excluding carboxylic acids is 1. The van der Waals surface area contributed by atoms with E-state index in [1.54, 1.807) is 0 Å². The second kappa shape index (κ2) is 7.25. The molecule has 2 atom stereocenters. The Bertz CT molecular complexity index is 288. The maximum absolute atomic E-state index is 12.3. The number of hydrogen-bond donors (Lipinski definition) is 2. The Morgan fingerprint density at radius 3 is 2.58 bits per heavy atom. The van der Waals surface area contributed by atoms with Gasteiger partial charge in [0, 0.05) is 12.1 Å². The minimum atomic E-state index is -0.0154. The summed E-state index contributed by atoms with van der Waals surface area (Å²) in [5.41, 5.74) is 0. The second-order valence-electron chi connectivity index (χ2n) is 6.05. The molecule has 0 radical (unpaired) electrons. The van der Waals surface area contributed by atoms with Crippen LogP contribution in [0.2, 0.25) is 0 Å². The van der Waals surface area contributed by atoms with Crippen molar-refractivity contribution in [3.8, 4) is 0 Å². The average Bonchev–Trinajstić information content (AvgIpc) is 2.90. The molecule has 2 aliphatic rings. The zero-order valence-electron chi connectivity index (χ0n) is 12.3. The highest BCUT2D eigenvalue weighted by atomic mass is 16.5. The van der Waals surface area contributed by atoms with Gasteiger partial charge in [-0.2, -0.15) is 0 Å². The van der Waals surface area contributed by atoms with Crippen LogP contribution in [0.4, 0.5) is 0 Å². The van der Waals surface area contributed by atoms with Crippen LogP contribution in [0.3, 0.4) is 0 Å². The molecule has 2 N–H and O–H groups in total. The predicted molar refractivity (Wildman–Crippen MR) is 76.0 cm³/mol. The van der Waals surface area contributed by atoms with E-state index in [4.69, 9.17) is 4.74 Å². The van der Waals surface area contributed by atoms with Gasteiger partial charge in [0.15, 0.2) is 0 Å². The third-order valence-electron chi connectivity index (χ3n) is 4.68. The van der Waals surface area contributed by atoms with Gasteiger partial charge in [-0.25, -0.2) is 0 Å². The highest BCUT2D eigenvalue weighted by Gasteiger charge is 2.34. The van der Waals surface area contributed by atoms with Crippen molar-refractivity contribution < 1.29 is 9.53 Å². The van der Waals surface area contributed by atoms with Crippen LogP contribution in [-0.4, -0.2) is 38.3 Å². The first kappa shape index (κ1) is 14.8. The van der Waals surface area contributed by atoms with Crippen molar-refractivity contribution in [3.63, 3.8) is 0 Å². The SMILES string of the molecule is CCCC1CCC(NC(=O)C2COCC2NC)CC1. The Hall–Kier alpha value is -0.610. The van der Waals surface area contributed by atoms with Gasteiger partial charge in [-0.05, 0) is 38.6 Å². The maximum Gasteiger partial charge on any atom is 0.227 e. The van der Waals surface area contributed by atoms with Gasteiger partial charge < -0.3 is 15.4 Å². The Balaban J connectivity index is 1.74. The van der Waals surface area contributed by atoms with Gasteiger partial charge in [-0.3, -0.25) is 4.79 Å². The molecule has 2 rings (SSSR count). The Morgan fingerprint density at radius 2 is 1.95 bits per heavy atom. The summed E-state index contributed by atoms with van der Waals surface area (Å²) in [5, 5.41) is 6.40. The summed E-state index contributed by atoms with van der Waals surface area (Å²) in [7, 11) is 1.90. The summed E-state index contributed by atoms with van der Waals surface area (Å²) < 4.78 is 5.40. The second-order valence-corrected chi connectivity index (χ2v) is 6.05. The number of carbonyl (C=O) groups is 1. The van der Waals surface area contributed by atoms with Crippen LogP contribution in [-0.2, 0) is 9.53 Å². The molecule has 2 fully saturated rings. The monoisotopic (exact) mass is 268 g/mol. The summed E-state index contributed by atoms with van der Waals surface area (Å²) in [6, 6.07) is 0.565. The van der Waals surface area contributed by atoms with Crippen molar-refractivity contribution >= 4 is 5.91 Å². The number of ether oxygens (including phenoxy) is 1. The van der Waals surface area contributed by atoms with Crippen LogP contribution < -0.4 is 10.6 Å². The average molecular weight is 268 g/mol. The highest BCUT2D eigenvalue weighted by molar-refractivity contribution is 5.80. The van der Waals surface area contributed by atoms with Crippen LogP contribution in [0.25, 0.3) is 0 Å².